The van der Waals surface area contributed by atoms with Crippen molar-refractivity contribution in [1.29, 1.82) is 0 Å². The molecular formula is C10H11NO4S. The molecule has 0 bridgehead atoms. The fraction of sp³-hybridized carbons (Fsp3) is 0.300. The summed E-state index contributed by atoms with van der Waals surface area (Å²) in [6.07, 6.45) is 1.81. The lowest BCUT2D eigenvalue weighted by Crippen LogP contribution is -2.17. The minimum atomic E-state index is -0.668. The monoisotopic (exact) mass is 241 g/mol. The van der Waals surface area contributed by atoms with E-state index in [1.165, 1.54) is 6.08 Å². The smallest absolute Gasteiger partial charge is 0.344 e. The van der Waals surface area contributed by atoms with Crippen molar-refractivity contribution in [2.24, 2.45) is 0 Å². The highest BCUT2D eigenvalue weighted by atomic mass is 32.2. The second-order valence-corrected chi connectivity index (χ2v) is 3.79. The van der Waals surface area contributed by atoms with Crippen LogP contribution >= 0.6 is 11.8 Å². The van der Waals surface area contributed by atoms with Crippen LogP contribution in [0.4, 0.5) is 0 Å². The highest BCUT2D eigenvalue weighted by Crippen LogP contribution is 2.36. The first kappa shape index (κ1) is 12.5. The van der Waals surface area contributed by atoms with Crippen molar-refractivity contribution in [1.82, 2.24) is 5.32 Å². The zero-order valence-corrected chi connectivity index (χ0v) is 9.72. The first-order valence-corrected chi connectivity index (χ1v) is 5.44. The molecule has 86 valence electrons. The fourth-order valence-electron chi connectivity index (χ4n) is 1.24. The Kier molecular flexibility index (Phi) is 4.30. The van der Waals surface area contributed by atoms with Gasteiger partial charge in [-0.1, -0.05) is 0 Å². The number of hydrogen-bond acceptors (Lipinski definition) is 6. The van der Waals surface area contributed by atoms with Crippen LogP contribution in [0.2, 0.25) is 0 Å². The van der Waals surface area contributed by atoms with E-state index in [2.05, 4.69) is 5.32 Å². The zero-order chi connectivity index (χ0) is 12.1. The Labute approximate surface area is 96.9 Å². The Morgan fingerprint density at radius 3 is 2.75 bits per heavy atom. The lowest BCUT2D eigenvalue weighted by atomic mass is 10.2. The molecule has 0 amide bonds. The number of allylic oxidation sites excluding steroid dienone is 1. The molecule has 1 heterocycles. The van der Waals surface area contributed by atoms with Gasteiger partial charge in [-0.3, -0.25) is 9.59 Å². The molecule has 0 atom stereocenters. The number of hydrogen-bond donors (Lipinski definition) is 1. The number of thioether (sulfide) groups is 1. The van der Waals surface area contributed by atoms with Gasteiger partial charge in [0.15, 0.2) is 0 Å². The average Bonchev–Trinajstić information content (AvgIpc) is 2.55. The van der Waals surface area contributed by atoms with E-state index in [1.807, 2.05) is 0 Å². The van der Waals surface area contributed by atoms with Crippen molar-refractivity contribution in [2.45, 2.75) is 6.92 Å². The molecule has 0 spiro atoms. The van der Waals surface area contributed by atoms with Crippen LogP contribution in [-0.4, -0.2) is 31.0 Å². The van der Waals surface area contributed by atoms with Crippen molar-refractivity contribution in [2.75, 3.05) is 13.7 Å². The van der Waals surface area contributed by atoms with Gasteiger partial charge in [0, 0.05) is 12.0 Å². The molecule has 0 aromatic carbocycles. The molecule has 0 aromatic heterocycles. The van der Waals surface area contributed by atoms with Gasteiger partial charge in [-0.05, 0) is 24.8 Å². The largest absolute Gasteiger partial charge is 0.462 e. The summed E-state index contributed by atoms with van der Waals surface area (Å²) in [4.78, 5) is 33.9. The molecule has 0 saturated carbocycles. The summed E-state index contributed by atoms with van der Waals surface area (Å²) in [5.41, 5.74) is 0.308. The standard InChI is InChI=1S/C10H11NO4S/c1-3-15-9(13)7-8(11-2)6(4-5-12)16-10(7)14/h4-5,11H,3H2,1-2H3/b6-4+. The Bertz CT molecular complexity index is 398. The van der Waals surface area contributed by atoms with E-state index in [4.69, 9.17) is 4.74 Å². The second-order valence-electron chi connectivity index (χ2n) is 2.78. The molecule has 0 radical (unpaired) electrons. The molecule has 0 saturated heterocycles. The number of ether oxygens (including phenoxy) is 1. The summed E-state index contributed by atoms with van der Waals surface area (Å²) < 4.78 is 4.77. The topological polar surface area (TPSA) is 72.5 Å². The first-order chi connectivity index (χ1) is 7.65. The summed E-state index contributed by atoms with van der Waals surface area (Å²) in [5, 5.41) is 2.32. The minimum absolute atomic E-state index is 0.0394. The Balaban J connectivity index is 3.14. The molecule has 0 fully saturated rings. The van der Waals surface area contributed by atoms with Gasteiger partial charge in [-0.25, -0.2) is 4.79 Å². The Morgan fingerprint density at radius 1 is 1.56 bits per heavy atom. The van der Waals surface area contributed by atoms with Crippen LogP contribution in [0.1, 0.15) is 6.92 Å². The molecule has 1 aliphatic heterocycles. The van der Waals surface area contributed by atoms with Crippen molar-refractivity contribution < 1.29 is 19.1 Å². The van der Waals surface area contributed by atoms with Crippen molar-refractivity contribution in [3.8, 4) is 0 Å². The summed E-state index contributed by atoms with van der Waals surface area (Å²) >= 11 is 0.839. The molecule has 0 unspecified atom stereocenters. The van der Waals surface area contributed by atoms with Crippen LogP contribution in [0, 0.1) is 0 Å². The lowest BCUT2D eigenvalue weighted by Gasteiger charge is -2.04. The predicted molar refractivity (Wildman–Crippen MR) is 59.5 cm³/mol. The molecule has 1 aliphatic rings. The summed E-state index contributed by atoms with van der Waals surface area (Å²) in [6.45, 7) is 1.86. The molecule has 6 heteroatoms. The van der Waals surface area contributed by atoms with E-state index in [9.17, 15) is 14.4 Å². The van der Waals surface area contributed by atoms with Gasteiger partial charge in [-0.15, -0.1) is 0 Å². The van der Waals surface area contributed by atoms with E-state index in [-0.39, 0.29) is 12.2 Å². The Morgan fingerprint density at radius 2 is 2.25 bits per heavy atom. The van der Waals surface area contributed by atoms with Gasteiger partial charge in [0.1, 0.15) is 11.9 Å². The lowest BCUT2D eigenvalue weighted by molar-refractivity contribution is -0.139. The third-order valence-corrected chi connectivity index (χ3v) is 2.80. The molecule has 0 aromatic rings. The maximum absolute atomic E-state index is 11.6. The quantitative estimate of drug-likeness (QED) is 0.332. The number of nitrogens with one attached hydrogen (secondary N) is 1. The molecular weight excluding hydrogens is 230 g/mol. The van der Waals surface area contributed by atoms with Crippen LogP contribution in [-0.2, 0) is 19.1 Å². The first-order valence-electron chi connectivity index (χ1n) is 4.62. The normalized spacial score (nSPS) is 17.9. The predicted octanol–water partition coefficient (Wildman–Crippen LogP) is 0.379. The van der Waals surface area contributed by atoms with Gasteiger partial charge in [0.2, 0.25) is 5.12 Å². The van der Waals surface area contributed by atoms with E-state index < -0.39 is 11.1 Å². The Hall–Kier alpha value is -1.56. The number of likely N-dealkylation sites (N-methyl/N-ethyl adjacent to an activating group) is 1. The van der Waals surface area contributed by atoms with E-state index in [0.717, 1.165) is 11.8 Å². The van der Waals surface area contributed by atoms with Crippen LogP contribution < -0.4 is 5.32 Å². The fourth-order valence-corrected chi connectivity index (χ4v) is 2.16. The zero-order valence-electron chi connectivity index (χ0n) is 8.90. The maximum atomic E-state index is 11.6. The van der Waals surface area contributed by atoms with E-state index >= 15 is 0 Å². The van der Waals surface area contributed by atoms with Crippen LogP contribution in [0.3, 0.4) is 0 Å². The van der Waals surface area contributed by atoms with Gasteiger partial charge < -0.3 is 10.1 Å². The minimum Gasteiger partial charge on any atom is -0.462 e. The van der Waals surface area contributed by atoms with Crippen LogP contribution in [0.15, 0.2) is 22.3 Å². The van der Waals surface area contributed by atoms with Gasteiger partial charge in [0.25, 0.3) is 0 Å². The van der Waals surface area contributed by atoms with E-state index in [1.54, 1.807) is 14.0 Å². The highest BCUT2D eigenvalue weighted by Gasteiger charge is 2.33. The third-order valence-electron chi connectivity index (χ3n) is 1.85. The summed E-state index contributed by atoms with van der Waals surface area (Å²) in [7, 11) is 1.58. The second kappa shape index (κ2) is 5.50. The van der Waals surface area contributed by atoms with Crippen LogP contribution in [0.25, 0.3) is 0 Å². The highest BCUT2D eigenvalue weighted by molar-refractivity contribution is 8.18. The molecule has 1 rings (SSSR count). The van der Waals surface area contributed by atoms with Gasteiger partial charge >= 0.3 is 5.97 Å². The number of rotatable bonds is 4. The van der Waals surface area contributed by atoms with Gasteiger partial charge in [-0.2, -0.15) is 0 Å². The summed E-state index contributed by atoms with van der Waals surface area (Å²) in [6, 6.07) is 0. The molecule has 16 heavy (non-hydrogen) atoms. The van der Waals surface area contributed by atoms with Crippen molar-refractivity contribution in [3.63, 3.8) is 0 Å². The number of esters is 1. The van der Waals surface area contributed by atoms with Crippen LogP contribution in [0.5, 0.6) is 0 Å². The number of carbonyl (C=O) groups is 3. The van der Waals surface area contributed by atoms with Gasteiger partial charge in [0.05, 0.1) is 12.3 Å². The van der Waals surface area contributed by atoms with E-state index in [0.29, 0.717) is 16.9 Å². The third kappa shape index (κ3) is 2.33. The number of aldehydes is 1. The summed E-state index contributed by atoms with van der Waals surface area (Å²) in [5.74, 6) is -0.668. The SMILES string of the molecule is CCOC(=O)C1=C(NC)/C(=C\C=O)SC1=O. The molecule has 5 nitrogen and oxygen atoms in total. The molecule has 1 N–H and O–H groups in total. The maximum Gasteiger partial charge on any atom is 0.344 e. The number of carbonyl (C=O) groups excluding carboxylic acids is 3. The van der Waals surface area contributed by atoms with Crippen molar-refractivity contribution in [3.05, 3.63) is 22.3 Å². The van der Waals surface area contributed by atoms with Crippen molar-refractivity contribution >= 4 is 29.1 Å². The average molecular weight is 241 g/mol. The molecule has 0 aliphatic carbocycles.